The van der Waals surface area contributed by atoms with Crippen molar-refractivity contribution >= 4 is 23.5 Å². The molecule has 1 heterocycles. The highest BCUT2D eigenvalue weighted by Crippen LogP contribution is 2.59. The monoisotopic (exact) mass is 584 g/mol. The SMILES string of the molecule is CC1NC(C)C(CCC#N)(C(=O)O)C(c2cccc(Cl)c2)C1(CC=CCC(c1ccccc1)c1ccccc1)C(=O)O. The van der Waals surface area contributed by atoms with E-state index >= 15 is 0 Å². The fourth-order valence-corrected chi connectivity index (χ4v) is 7.19. The van der Waals surface area contributed by atoms with E-state index in [-0.39, 0.29) is 25.2 Å². The fraction of sp³-hybridized carbons (Fsp3) is 0.343. The van der Waals surface area contributed by atoms with E-state index in [4.69, 9.17) is 11.6 Å². The number of rotatable bonds is 11. The number of carboxylic acid groups (broad SMARTS) is 2. The van der Waals surface area contributed by atoms with Gasteiger partial charge in [0, 0.05) is 35.4 Å². The Labute approximate surface area is 252 Å². The third kappa shape index (κ3) is 5.86. The minimum Gasteiger partial charge on any atom is -0.481 e. The average Bonchev–Trinajstić information content (AvgIpc) is 2.98. The van der Waals surface area contributed by atoms with Crippen molar-refractivity contribution in [1.29, 1.82) is 5.26 Å². The van der Waals surface area contributed by atoms with Gasteiger partial charge < -0.3 is 15.5 Å². The minimum atomic E-state index is -1.56. The third-order valence-corrected chi connectivity index (χ3v) is 9.34. The molecular formula is C35H37ClN2O4. The predicted molar refractivity (Wildman–Crippen MR) is 164 cm³/mol. The summed E-state index contributed by atoms with van der Waals surface area (Å²) >= 11 is 6.39. The number of hydrogen-bond acceptors (Lipinski definition) is 4. The van der Waals surface area contributed by atoms with Crippen LogP contribution in [-0.4, -0.2) is 34.2 Å². The molecule has 5 atom stereocenters. The van der Waals surface area contributed by atoms with Crippen molar-refractivity contribution in [2.75, 3.05) is 0 Å². The van der Waals surface area contributed by atoms with Crippen LogP contribution in [-0.2, 0) is 9.59 Å². The lowest BCUT2D eigenvalue weighted by molar-refractivity contribution is -0.172. The van der Waals surface area contributed by atoms with Crippen molar-refractivity contribution < 1.29 is 19.8 Å². The molecule has 7 heteroatoms. The highest BCUT2D eigenvalue weighted by Gasteiger charge is 2.66. The molecule has 0 aromatic heterocycles. The first-order valence-corrected chi connectivity index (χ1v) is 14.7. The van der Waals surface area contributed by atoms with Gasteiger partial charge in [0.2, 0.25) is 0 Å². The van der Waals surface area contributed by atoms with Crippen LogP contribution in [0.25, 0.3) is 0 Å². The normalized spacial score (nSPS) is 25.7. The van der Waals surface area contributed by atoms with Crippen LogP contribution in [0.4, 0.5) is 0 Å². The molecule has 0 aliphatic carbocycles. The summed E-state index contributed by atoms with van der Waals surface area (Å²) in [6, 6.07) is 28.1. The van der Waals surface area contributed by atoms with Gasteiger partial charge in [0.1, 0.15) is 0 Å². The molecule has 1 saturated heterocycles. The van der Waals surface area contributed by atoms with Crippen LogP contribution >= 0.6 is 11.6 Å². The molecule has 1 fully saturated rings. The number of carboxylic acids is 2. The molecule has 42 heavy (non-hydrogen) atoms. The smallest absolute Gasteiger partial charge is 0.312 e. The summed E-state index contributed by atoms with van der Waals surface area (Å²) in [5.74, 6) is -3.10. The maximum Gasteiger partial charge on any atom is 0.312 e. The lowest BCUT2D eigenvalue weighted by Crippen LogP contribution is -2.69. The number of nitrogens with one attached hydrogen (secondary N) is 1. The number of allylic oxidation sites excluding steroid dienone is 2. The van der Waals surface area contributed by atoms with Crippen LogP contribution < -0.4 is 5.32 Å². The second-order valence-corrected chi connectivity index (χ2v) is 11.7. The quantitative estimate of drug-likeness (QED) is 0.202. The number of benzene rings is 3. The fourth-order valence-electron chi connectivity index (χ4n) is 6.99. The number of carbonyl (C=O) groups is 2. The number of aliphatic carboxylic acids is 2. The van der Waals surface area contributed by atoms with Crippen molar-refractivity contribution in [3.63, 3.8) is 0 Å². The second kappa shape index (κ2) is 13.4. The predicted octanol–water partition coefficient (Wildman–Crippen LogP) is 7.42. The van der Waals surface area contributed by atoms with Crippen molar-refractivity contribution in [2.45, 2.75) is 63.5 Å². The Bertz CT molecular complexity index is 1420. The Morgan fingerprint density at radius 1 is 0.905 bits per heavy atom. The Morgan fingerprint density at radius 2 is 1.48 bits per heavy atom. The van der Waals surface area contributed by atoms with Crippen LogP contribution in [0.3, 0.4) is 0 Å². The number of piperidine rings is 1. The second-order valence-electron chi connectivity index (χ2n) is 11.2. The topological polar surface area (TPSA) is 110 Å². The summed E-state index contributed by atoms with van der Waals surface area (Å²) in [5.41, 5.74) is -0.237. The van der Waals surface area contributed by atoms with Gasteiger partial charge in [0.05, 0.1) is 16.9 Å². The van der Waals surface area contributed by atoms with Gasteiger partial charge in [0.15, 0.2) is 0 Å². The molecule has 6 nitrogen and oxygen atoms in total. The van der Waals surface area contributed by atoms with Gasteiger partial charge in [-0.25, -0.2) is 0 Å². The number of nitrogens with zero attached hydrogens (tertiary/aromatic N) is 1. The molecule has 3 aromatic rings. The average molecular weight is 585 g/mol. The van der Waals surface area contributed by atoms with Gasteiger partial charge in [-0.3, -0.25) is 9.59 Å². The van der Waals surface area contributed by atoms with Gasteiger partial charge in [-0.1, -0.05) is 96.5 Å². The van der Waals surface area contributed by atoms with E-state index in [2.05, 4.69) is 35.7 Å². The van der Waals surface area contributed by atoms with Gasteiger partial charge in [-0.15, -0.1) is 0 Å². The van der Waals surface area contributed by atoms with Crippen molar-refractivity contribution in [3.05, 3.63) is 119 Å². The zero-order valence-corrected chi connectivity index (χ0v) is 24.7. The largest absolute Gasteiger partial charge is 0.481 e. The van der Waals surface area contributed by atoms with Crippen molar-refractivity contribution in [1.82, 2.24) is 5.32 Å². The lowest BCUT2D eigenvalue weighted by Gasteiger charge is -2.57. The number of nitriles is 1. The van der Waals surface area contributed by atoms with Crippen LogP contribution in [0.2, 0.25) is 5.02 Å². The molecule has 0 saturated carbocycles. The molecule has 0 spiro atoms. The Balaban J connectivity index is 1.80. The summed E-state index contributed by atoms with van der Waals surface area (Å²) in [7, 11) is 0. The van der Waals surface area contributed by atoms with E-state index in [9.17, 15) is 25.1 Å². The molecule has 1 aliphatic heterocycles. The summed E-state index contributed by atoms with van der Waals surface area (Å²) < 4.78 is 0. The van der Waals surface area contributed by atoms with Gasteiger partial charge in [-0.05, 0) is 61.9 Å². The first kappa shape index (κ1) is 31.0. The van der Waals surface area contributed by atoms with Gasteiger partial charge in [-0.2, -0.15) is 5.26 Å². The van der Waals surface area contributed by atoms with Gasteiger partial charge in [0.25, 0.3) is 0 Å². The molecule has 0 amide bonds. The van der Waals surface area contributed by atoms with Crippen LogP contribution in [0.1, 0.15) is 68.1 Å². The maximum absolute atomic E-state index is 13.5. The van der Waals surface area contributed by atoms with Crippen LogP contribution in [0.5, 0.6) is 0 Å². The summed E-state index contributed by atoms with van der Waals surface area (Å²) in [4.78, 5) is 26.7. The third-order valence-electron chi connectivity index (χ3n) is 9.10. The van der Waals surface area contributed by atoms with Crippen LogP contribution in [0.15, 0.2) is 97.1 Å². The molecule has 5 unspecified atom stereocenters. The first-order valence-electron chi connectivity index (χ1n) is 14.3. The zero-order chi connectivity index (χ0) is 30.3. The Kier molecular flexibility index (Phi) is 9.88. The van der Waals surface area contributed by atoms with E-state index in [0.29, 0.717) is 17.0 Å². The summed E-state index contributed by atoms with van der Waals surface area (Å²) in [6.07, 6.45) is 4.61. The zero-order valence-electron chi connectivity index (χ0n) is 23.9. The molecule has 4 rings (SSSR count). The van der Waals surface area contributed by atoms with E-state index < -0.39 is 40.8 Å². The van der Waals surface area contributed by atoms with E-state index in [1.165, 1.54) is 0 Å². The highest BCUT2D eigenvalue weighted by atomic mass is 35.5. The summed E-state index contributed by atoms with van der Waals surface area (Å²) in [6.45, 7) is 3.58. The molecule has 3 N–H and O–H groups in total. The Hall–Kier alpha value is -3.92. The molecule has 0 radical (unpaired) electrons. The minimum absolute atomic E-state index is 0.000265. The van der Waals surface area contributed by atoms with E-state index in [1.807, 2.05) is 55.5 Å². The summed E-state index contributed by atoms with van der Waals surface area (Å²) in [5, 5.41) is 35.0. The molecule has 0 bridgehead atoms. The standard InChI is InChI=1S/C35H37ClN2O4/c1-24-34(32(39)40,20-10-9-19-30(26-13-5-3-6-14-26)27-15-7-4-8-16-27)31(28-17-11-18-29(36)23-28)35(33(41)42,21-12-22-37)25(2)38-24/h3-11,13-18,23-25,30-31,38H,12,19-21H2,1-2H3,(H,39,40)(H,41,42). The van der Waals surface area contributed by atoms with Crippen molar-refractivity contribution in [3.8, 4) is 6.07 Å². The molecular weight excluding hydrogens is 548 g/mol. The van der Waals surface area contributed by atoms with Crippen LogP contribution in [0, 0.1) is 22.2 Å². The molecule has 1 aliphatic rings. The maximum atomic E-state index is 13.5. The first-order chi connectivity index (χ1) is 20.2. The molecule has 3 aromatic carbocycles. The number of halogens is 1. The lowest BCUT2D eigenvalue weighted by atomic mass is 9.49. The van der Waals surface area contributed by atoms with Gasteiger partial charge >= 0.3 is 11.9 Å². The Morgan fingerprint density at radius 3 is 2.00 bits per heavy atom. The molecule has 218 valence electrons. The number of hydrogen-bond donors (Lipinski definition) is 3. The van der Waals surface area contributed by atoms with E-state index in [1.54, 1.807) is 31.2 Å². The highest BCUT2D eigenvalue weighted by molar-refractivity contribution is 6.30. The van der Waals surface area contributed by atoms with Crippen molar-refractivity contribution in [2.24, 2.45) is 10.8 Å². The van der Waals surface area contributed by atoms with E-state index in [0.717, 1.165) is 11.1 Å².